The van der Waals surface area contributed by atoms with Crippen LogP contribution in [0.15, 0.2) is 42.5 Å². The summed E-state index contributed by atoms with van der Waals surface area (Å²) in [7, 11) is 1.54. The lowest BCUT2D eigenvalue weighted by Crippen LogP contribution is -2.54. The lowest BCUT2D eigenvalue weighted by Gasteiger charge is -2.36. The number of methoxy groups -OCH3 is 1. The van der Waals surface area contributed by atoms with E-state index in [-0.39, 0.29) is 17.9 Å². The van der Waals surface area contributed by atoms with E-state index in [1.165, 1.54) is 23.1 Å². The van der Waals surface area contributed by atoms with Gasteiger partial charge < -0.3 is 10.1 Å². The average molecular weight is 421 g/mol. The van der Waals surface area contributed by atoms with Gasteiger partial charge in [0.1, 0.15) is 17.1 Å². The van der Waals surface area contributed by atoms with Crippen molar-refractivity contribution in [2.24, 2.45) is 11.8 Å². The van der Waals surface area contributed by atoms with Crippen LogP contribution in [0.25, 0.3) is 0 Å². The summed E-state index contributed by atoms with van der Waals surface area (Å²) in [6.07, 6.45) is 1.54. The molecule has 3 fully saturated rings. The summed E-state index contributed by atoms with van der Waals surface area (Å²) in [5, 5.41) is 2.84. The fraction of sp³-hybridized carbons (Fsp3) is 0.348. The molecule has 6 rings (SSSR count). The molecule has 3 amide bonds. The van der Waals surface area contributed by atoms with Crippen LogP contribution in [-0.2, 0) is 19.9 Å². The molecule has 0 aromatic heterocycles. The fourth-order valence-corrected chi connectivity index (χ4v) is 6.16. The molecule has 4 heterocycles. The number of halogens is 1. The Morgan fingerprint density at radius 1 is 1.10 bits per heavy atom. The molecule has 2 aromatic rings. The van der Waals surface area contributed by atoms with Gasteiger partial charge in [-0.2, -0.15) is 0 Å². The number of nitrogens with zero attached hydrogens (tertiary/aromatic N) is 2. The van der Waals surface area contributed by atoms with Crippen LogP contribution >= 0.6 is 0 Å². The zero-order valence-electron chi connectivity index (χ0n) is 16.8. The van der Waals surface area contributed by atoms with Crippen LogP contribution in [0.2, 0.25) is 0 Å². The Hall–Kier alpha value is -3.26. The summed E-state index contributed by atoms with van der Waals surface area (Å²) >= 11 is 0. The molecule has 8 heteroatoms. The van der Waals surface area contributed by atoms with Crippen molar-refractivity contribution in [3.63, 3.8) is 0 Å². The second kappa shape index (κ2) is 6.13. The molecular formula is C23H20FN3O4. The van der Waals surface area contributed by atoms with Crippen molar-refractivity contribution in [1.29, 1.82) is 0 Å². The monoisotopic (exact) mass is 421 g/mol. The van der Waals surface area contributed by atoms with Gasteiger partial charge in [-0.25, -0.2) is 9.29 Å². The highest BCUT2D eigenvalue weighted by molar-refractivity contribution is 6.25. The number of carbonyl (C=O) groups is 3. The number of carbonyl (C=O) groups excluding carboxylic acids is 3. The Balaban J connectivity index is 1.53. The van der Waals surface area contributed by atoms with E-state index in [2.05, 4.69) is 5.32 Å². The number of imide groups is 1. The van der Waals surface area contributed by atoms with Gasteiger partial charge in [-0.15, -0.1) is 0 Å². The van der Waals surface area contributed by atoms with Gasteiger partial charge in [0.15, 0.2) is 0 Å². The SMILES string of the molecule is COc1ccc(N2C(=O)[C@H]3[C@H]4CCCN4[C@]4(C(=O)Nc5ccc(F)cc54)[C@@H]3C2=O)cc1. The molecule has 4 atom stereocenters. The van der Waals surface area contributed by atoms with Gasteiger partial charge in [-0.3, -0.25) is 19.3 Å². The Morgan fingerprint density at radius 2 is 1.87 bits per heavy atom. The molecule has 0 aliphatic carbocycles. The predicted molar refractivity (Wildman–Crippen MR) is 109 cm³/mol. The highest BCUT2D eigenvalue weighted by Gasteiger charge is 2.74. The molecule has 0 bridgehead atoms. The van der Waals surface area contributed by atoms with Gasteiger partial charge >= 0.3 is 0 Å². The highest BCUT2D eigenvalue weighted by atomic mass is 19.1. The topological polar surface area (TPSA) is 79.0 Å². The van der Waals surface area contributed by atoms with Crippen LogP contribution in [-0.4, -0.2) is 42.3 Å². The van der Waals surface area contributed by atoms with E-state index in [1.54, 1.807) is 31.4 Å². The van der Waals surface area contributed by atoms with Crippen molar-refractivity contribution >= 4 is 29.1 Å². The molecule has 1 spiro atoms. The third kappa shape index (κ3) is 2.13. The Kier molecular flexibility index (Phi) is 3.66. The summed E-state index contributed by atoms with van der Waals surface area (Å²) in [6, 6.07) is 10.6. The second-order valence-electron chi connectivity index (χ2n) is 8.53. The maximum Gasteiger partial charge on any atom is 0.250 e. The van der Waals surface area contributed by atoms with Crippen molar-refractivity contribution in [3.8, 4) is 5.75 Å². The molecule has 0 radical (unpaired) electrons. The molecule has 31 heavy (non-hydrogen) atoms. The van der Waals surface area contributed by atoms with E-state index < -0.39 is 29.1 Å². The molecule has 4 aliphatic heterocycles. The van der Waals surface area contributed by atoms with Crippen LogP contribution in [0.4, 0.5) is 15.8 Å². The van der Waals surface area contributed by atoms with Crippen LogP contribution in [0, 0.1) is 17.7 Å². The molecule has 0 saturated carbocycles. The van der Waals surface area contributed by atoms with Gasteiger partial charge in [0.25, 0.3) is 0 Å². The first kappa shape index (κ1) is 18.5. The largest absolute Gasteiger partial charge is 0.497 e. The number of nitrogens with one attached hydrogen (secondary N) is 1. The number of hydrogen-bond acceptors (Lipinski definition) is 5. The molecule has 4 aliphatic rings. The Labute approximate surface area is 177 Å². The predicted octanol–water partition coefficient (Wildman–Crippen LogP) is 2.27. The number of anilines is 2. The minimum Gasteiger partial charge on any atom is -0.497 e. The normalized spacial score (nSPS) is 31.2. The van der Waals surface area contributed by atoms with E-state index in [9.17, 15) is 18.8 Å². The number of hydrogen-bond donors (Lipinski definition) is 1. The smallest absolute Gasteiger partial charge is 0.250 e. The summed E-state index contributed by atoms with van der Waals surface area (Å²) in [4.78, 5) is 43.9. The third-order valence-corrected chi connectivity index (χ3v) is 7.29. The molecule has 3 saturated heterocycles. The summed E-state index contributed by atoms with van der Waals surface area (Å²) in [6.45, 7) is 0.587. The first-order chi connectivity index (χ1) is 15.0. The third-order valence-electron chi connectivity index (χ3n) is 7.29. The van der Waals surface area contributed by atoms with Crippen molar-refractivity contribution in [3.05, 3.63) is 53.8 Å². The van der Waals surface area contributed by atoms with Gasteiger partial charge in [0.05, 0.1) is 24.6 Å². The number of rotatable bonds is 2. The van der Waals surface area contributed by atoms with Crippen molar-refractivity contribution in [2.45, 2.75) is 24.4 Å². The molecular weight excluding hydrogens is 401 g/mol. The number of benzene rings is 2. The van der Waals surface area contributed by atoms with Crippen LogP contribution in [0.3, 0.4) is 0 Å². The van der Waals surface area contributed by atoms with E-state index in [4.69, 9.17) is 4.74 Å². The standard InChI is InChI=1S/C23H20FN3O4/c1-31-14-7-5-13(6-8-14)27-20(28)18-17-3-2-10-26(17)23(19(18)21(27)29)15-11-12(24)4-9-16(15)25-22(23)30/h4-9,11,17-19H,2-3,10H2,1H3,(H,25,30)/t17-,18+,19+,23+/m1/s1. The van der Waals surface area contributed by atoms with Crippen LogP contribution in [0.1, 0.15) is 18.4 Å². The lowest BCUT2D eigenvalue weighted by atomic mass is 9.75. The summed E-state index contributed by atoms with van der Waals surface area (Å²) < 4.78 is 19.4. The highest BCUT2D eigenvalue weighted by Crippen LogP contribution is 2.60. The maximum atomic E-state index is 14.3. The number of fused-ring (bicyclic) bond motifs is 7. The second-order valence-corrected chi connectivity index (χ2v) is 8.53. The molecule has 2 aromatic carbocycles. The first-order valence-electron chi connectivity index (χ1n) is 10.4. The minimum absolute atomic E-state index is 0.232. The van der Waals surface area contributed by atoms with E-state index >= 15 is 0 Å². The maximum absolute atomic E-state index is 14.3. The Bertz CT molecular complexity index is 1150. The molecule has 1 N–H and O–H groups in total. The van der Waals surface area contributed by atoms with Gasteiger partial charge in [-0.1, -0.05) is 0 Å². The van der Waals surface area contributed by atoms with Gasteiger partial charge in [0.2, 0.25) is 17.7 Å². The van der Waals surface area contributed by atoms with Crippen LogP contribution in [0.5, 0.6) is 5.75 Å². The van der Waals surface area contributed by atoms with Crippen molar-refractivity contribution < 1.29 is 23.5 Å². The molecule has 0 unspecified atom stereocenters. The first-order valence-corrected chi connectivity index (χ1v) is 10.4. The Morgan fingerprint density at radius 3 is 2.61 bits per heavy atom. The van der Waals surface area contributed by atoms with Crippen LogP contribution < -0.4 is 15.0 Å². The van der Waals surface area contributed by atoms with E-state index in [0.717, 1.165) is 12.8 Å². The zero-order chi connectivity index (χ0) is 21.5. The minimum atomic E-state index is -1.36. The molecule has 158 valence electrons. The zero-order valence-corrected chi connectivity index (χ0v) is 16.8. The van der Waals surface area contributed by atoms with Gasteiger partial charge in [0, 0.05) is 17.3 Å². The van der Waals surface area contributed by atoms with Gasteiger partial charge in [-0.05, 0) is 61.9 Å². The fourth-order valence-electron chi connectivity index (χ4n) is 6.16. The summed E-state index contributed by atoms with van der Waals surface area (Å²) in [5.74, 6) is -2.47. The van der Waals surface area contributed by atoms with Crippen molar-refractivity contribution in [1.82, 2.24) is 4.90 Å². The quantitative estimate of drug-likeness (QED) is 0.753. The number of amides is 3. The number of ether oxygens (including phenoxy) is 1. The average Bonchev–Trinajstić information content (AvgIpc) is 3.47. The molecule has 7 nitrogen and oxygen atoms in total. The van der Waals surface area contributed by atoms with E-state index in [0.29, 0.717) is 29.2 Å². The lowest BCUT2D eigenvalue weighted by molar-refractivity contribution is -0.135. The van der Waals surface area contributed by atoms with E-state index in [1.807, 2.05) is 4.90 Å². The van der Waals surface area contributed by atoms with Crippen molar-refractivity contribution in [2.75, 3.05) is 23.9 Å². The summed E-state index contributed by atoms with van der Waals surface area (Å²) in [5.41, 5.74) is 0.0373.